The van der Waals surface area contributed by atoms with Crippen molar-refractivity contribution in [3.8, 4) is 16.9 Å². The molecule has 0 N–H and O–H groups in total. The number of sulfonamides is 1. The van der Waals surface area contributed by atoms with Gasteiger partial charge in [0.1, 0.15) is 5.75 Å². The van der Waals surface area contributed by atoms with Gasteiger partial charge in [0, 0.05) is 40.3 Å². The molecule has 156 valence electrons. The molecule has 2 aromatic rings. The molecule has 7 nitrogen and oxygen atoms in total. The van der Waals surface area contributed by atoms with E-state index in [1.54, 1.807) is 38.2 Å². The molecule has 0 atom stereocenters. The Balaban J connectivity index is 1.78. The SMILES string of the molecule is COc1ccc(-c2ccc(S(=O)(=O)N3CCN(C(=O)N(C)C)CC3)cc2C)cc1. The lowest BCUT2D eigenvalue weighted by Gasteiger charge is -2.35. The first kappa shape index (κ1) is 21.1. The van der Waals surface area contributed by atoms with Gasteiger partial charge in [-0.15, -0.1) is 0 Å². The Morgan fingerprint density at radius 1 is 1.00 bits per heavy atom. The molecule has 8 heteroatoms. The van der Waals surface area contributed by atoms with Crippen molar-refractivity contribution in [1.82, 2.24) is 14.1 Å². The second-order valence-corrected chi connectivity index (χ2v) is 9.21. The predicted octanol–water partition coefficient (Wildman–Crippen LogP) is 2.66. The van der Waals surface area contributed by atoms with Gasteiger partial charge in [-0.2, -0.15) is 4.31 Å². The second-order valence-electron chi connectivity index (χ2n) is 7.27. The summed E-state index contributed by atoms with van der Waals surface area (Å²) < 4.78 is 32.8. The number of nitrogens with zero attached hydrogens (tertiary/aromatic N) is 3. The molecule has 1 heterocycles. The normalized spacial score (nSPS) is 15.2. The highest BCUT2D eigenvalue weighted by Crippen LogP contribution is 2.28. The molecule has 0 aromatic heterocycles. The monoisotopic (exact) mass is 417 g/mol. The Labute approximate surface area is 172 Å². The van der Waals surface area contributed by atoms with Gasteiger partial charge in [-0.25, -0.2) is 13.2 Å². The van der Waals surface area contributed by atoms with Gasteiger partial charge in [-0.05, 0) is 47.9 Å². The van der Waals surface area contributed by atoms with Gasteiger partial charge in [0.05, 0.1) is 12.0 Å². The molecule has 1 aliphatic rings. The largest absolute Gasteiger partial charge is 0.497 e. The number of amides is 2. The van der Waals surface area contributed by atoms with Crippen LogP contribution in [0, 0.1) is 6.92 Å². The summed E-state index contributed by atoms with van der Waals surface area (Å²) in [5.74, 6) is 0.775. The summed E-state index contributed by atoms with van der Waals surface area (Å²) in [4.78, 5) is 15.5. The average molecular weight is 418 g/mol. The van der Waals surface area contributed by atoms with Crippen LogP contribution in [0.5, 0.6) is 5.75 Å². The van der Waals surface area contributed by atoms with E-state index < -0.39 is 10.0 Å². The molecular formula is C21H27N3O4S. The fraction of sp³-hybridized carbons (Fsp3) is 0.381. The maximum absolute atomic E-state index is 13.1. The first-order chi connectivity index (χ1) is 13.7. The molecule has 2 amide bonds. The van der Waals surface area contributed by atoms with E-state index in [2.05, 4.69) is 0 Å². The zero-order chi connectivity index (χ0) is 21.2. The van der Waals surface area contributed by atoms with Crippen molar-refractivity contribution < 1.29 is 17.9 Å². The zero-order valence-corrected chi connectivity index (χ0v) is 18.1. The van der Waals surface area contributed by atoms with Crippen molar-refractivity contribution in [3.05, 3.63) is 48.0 Å². The predicted molar refractivity (Wildman–Crippen MR) is 113 cm³/mol. The maximum atomic E-state index is 13.1. The number of urea groups is 1. The lowest BCUT2D eigenvalue weighted by Crippen LogP contribution is -2.52. The van der Waals surface area contributed by atoms with Crippen LogP contribution in [-0.2, 0) is 10.0 Å². The van der Waals surface area contributed by atoms with Gasteiger partial charge in [-0.1, -0.05) is 18.2 Å². The third-order valence-electron chi connectivity index (χ3n) is 5.13. The maximum Gasteiger partial charge on any atom is 0.319 e. The van der Waals surface area contributed by atoms with Crippen LogP contribution < -0.4 is 4.74 Å². The van der Waals surface area contributed by atoms with Gasteiger partial charge >= 0.3 is 6.03 Å². The smallest absolute Gasteiger partial charge is 0.319 e. The van der Waals surface area contributed by atoms with E-state index in [-0.39, 0.29) is 10.9 Å². The quantitative estimate of drug-likeness (QED) is 0.767. The number of methoxy groups -OCH3 is 1. The summed E-state index contributed by atoms with van der Waals surface area (Å²) in [6.45, 7) is 3.27. The van der Waals surface area contributed by atoms with Crippen molar-refractivity contribution in [2.24, 2.45) is 0 Å². The Kier molecular flexibility index (Phi) is 6.14. The summed E-state index contributed by atoms with van der Waals surface area (Å²) in [6, 6.07) is 12.8. The van der Waals surface area contributed by atoms with E-state index in [0.29, 0.717) is 26.2 Å². The zero-order valence-electron chi connectivity index (χ0n) is 17.3. The molecule has 0 unspecified atom stereocenters. The summed E-state index contributed by atoms with van der Waals surface area (Å²) in [6.07, 6.45) is 0. The third kappa shape index (κ3) is 4.38. The molecule has 1 aliphatic heterocycles. The first-order valence-electron chi connectivity index (χ1n) is 9.45. The van der Waals surface area contributed by atoms with Crippen LogP contribution >= 0.6 is 0 Å². The fourth-order valence-corrected chi connectivity index (χ4v) is 4.95. The minimum Gasteiger partial charge on any atom is -0.497 e. The molecule has 0 saturated carbocycles. The number of aryl methyl sites for hydroxylation is 1. The average Bonchev–Trinajstić information content (AvgIpc) is 2.73. The molecule has 1 saturated heterocycles. The topological polar surface area (TPSA) is 70.2 Å². The standard InChI is InChI=1S/C21H27N3O4S/c1-16-15-19(9-10-20(16)17-5-7-18(28-4)8-6-17)29(26,27)24-13-11-23(12-14-24)21(25)22(2)3/h5-10,15H,11-14H2,1-4H3. The molecular weight excluding hydrogens is 390 g/mol. The van der Waals surface area contributed by atoms with Crippen LogP contribution in [0.15, 0.2) is 47.4 Å². The number of hydrogen-bond donors (Lipinski definition) is 0. The Bertz CT molecular complexity index is 979. The van der Waals surface area contributed by atoms with E-state index in [9.17, 15) is 13.2 Å². The van der Waals surface area contributed by atoms with Crippen molar-refractivity contribution in [3.63, 3.8) is 0 Å². The van der Waals surface area contributed by atoms with E-state index >= 15 is 0 Å². The summed E-state index contributed by atoms with van der Waals surface area (Å²) >= 11 is 0. The van der Waals surface area contributed by atoms with Crippen LogP contribution in [0.4, 0.5) is 4.79 Å². The van der Waals surface area contributed by atoms with Crippen LogP contribution in [0.2, 0.25) is 0 Å². The fourth-order valence-electron chi connectivity index (χ4n) is 3.44. The molecule has 0 radical (unpaired) electrons. The van der Waals surface area contributed by atoms with Gasteiger partial charge in [0.25, 0.3) is 0 Å². The Morgan fingerprint density at radius 2 is 1.62 bits per heavy atom. The summed E-state index contributed by atoms with van der Waals surface area (Å²) in [5.41, 5.74) is 2.87. The van der Waals surface area contributed by atoms with Crippen molar-refractivity contribution in [2.75, 3.05) is 47.4 Å². The van der Waals surface area contributed by atoms with Gasteiger partial charge in [0.15, 0.2) is 0 Å². The third-order valence-corrected chi connectivity index (χ3v) is 7.02. The lowest BCUT2D eigenvalue weighted by molar-refractivity contribution is 0.149. The first-order valence-corrected chi connectivity index (χ1v) is 10.9. The number of ether oxygens (including phenoxy) is 1. The second kappa shape index (κ2) is 8.42. The molecule has 0 bridgehead atoms. The summed E-state index contributed by atoms with van der Waals surface area (Å²) in [5, 5.41) is 0. The number of carbonyl (C=O) groups is 1. The minimum absolute atomic E-state index is 0.0956. The molecule has 0 spiro atoms. The lowest BCUT2D eigenvalue weighted by atomic mass is 10.0. The van der Waals surface area contributed by atoms with Gasteiger partial charge < -0.3 is 14.5 Å². The highest BCUT2D eigenvalue weighted by molar-refractivity contribution is 7.89. The van der Waals surface area contributed by atoms with E-state index in [0.717, 1.165) is 22.4 Å². The van der Waals surface area contributed by atoms with Crippen molar-refractivity contribution in [2.45, 2.75) is 11.8 Å². The highest BCUT2D eigenvalue weighted by Gasteiger charge is 2.30. The molecule has 0 aliphatic carbocycles. The Morgan fingerprint density at radius 3 is 2.14 bits per heavy atom. The van der Waals surface area contributed by atoms with Crippen LogP contribution in [-0.4, -0.2) is 75.9 Å². The van der Waals surface area contributed by atoms with Crippen LogP contribution in [0.25, 0.3) is 11.1 Å². The number of benzene rings is 2. The minimum atomic E-state index is -3.60. The Hall–Kier alpha value is -2.58. The number of hydrogen-bond acceptors (Lipinski definition) is 4. The van der Waals surface area contributed by atoms with Gasteiger partial charge in [-0.3, -0.25) is 0 Å². The van der Waals surface area contributed by atoms with E-state index in [4.69, 9.17) is 4.74 Å². The molecule has 3 rings (SSSR count). The van der Waals surface area contributed by atoms with Crippen LogP contribution in [0.3, 0.4) is 0 Å². The number of piperazine rings is 1. The van der Waals surface area contributed by atoms with E-state index in [1.807, 2.05) is 37.3 Å². The summed E-state index contributed by atoms with van der Waals surface area (Å²) in [7, 11) is 1.41. The molecule has 1 fully saturated rings. The van der Waals surface area contributed by atoms with E-state index in [1.165, 1.54) is 9.21 Å². The highest BCUT2D eigenvalue weighted by atomic mass is 32.2. The van der Waals surface area contributed by atoms with Gasteiger partial charge in [0.2, 0.25) is 10.0 Å². The van der Waals surface area contributed by atoms with Crippen LogP contribution in [0.1, 0.15) is 5.56 Å². The molecule has 2 aromatic carbocycles. The molecule has 29 heavy (non-hydrogen) atoms. The number of rotatable bonds is 4. The van der Waals surface area contributed by atoms with Crippen molar-refractivity contribution in [1.29, 1.82) is 0 Å². The number of carbonyl (C=O) groups excluding carboxylic acids is 1. The van der Waals surface area contributed by atoms with Crippen molar-refractivity contribution >= 4 is 16.1 Å².